The largest absolute Gasteiger partial charge is 0.453 e. The van der Waals surface area contributed by atoms with E-state index in [2.05, 4.69) is 221 Å². The minimum Gasteiger partial charge on any atom is -0.453 e. The number of hydrogen-bond donors (Lipinski definition) is 0. The van der Waals surface area contributed by atoms with Crippen LogP contribution in [0, 0.1) is 0 Å². The first-order valence-corrected chi connectivity index (χ1v) is 19.7. The zero-order valence-electron chi connectivity index (χ0n) is 31.6. The second kappa shape index (κ2) is 14.0. The Morgan fingerprint density at radius 2 is 0.845 bits per heavy atom. The highest BCUT2D eigenvalue weighted by Gasteiger charge is 2.26. The van der Waals surface area contributed by atoms with Crippen molar-refractivity contribution in [2.45, 2.75) is 0 Å². The molecular weight excluding hydrogens is 707 g/mol. The molecule has 0 amide bonds. The molecule has 11 rings (SSSR count). The van der Waals surface area contributed by atoms with Crippen LogP contribution in [0.15, 0.2) is 224 Å². The van der Waals surface area contributed by atoms with Crippen LogP contribution in [-0.4, -0.2) is 4.57 Å². The van der Waals surface area contributed by atoms with Crippen molar-refractivity contribution in [2.75, 3.05) is 9.80 Å². The van der Waals surface area contributed by atoms with Gasteiger partial charge in [0.05, 0.1) is 22.4 Å². The number of para-hydroxylation sites is 6. The van der Waals surface area contributed by atoms with E-state index in [0.717, 1.165) is 62.4 Å². The zero-order valence-corrected chi connectivity index (χ0v) is 31.6. The van der Waals surface area contributed by atoms with Gasteiger partial charge in [-0.05, 0) is 125 Å². The molecule has 0 aliphatic carbocycles. The minimum absolute atomic E-state index is 0.838. The van der Waals surface area contributed by atoms with Crippen molar-refractivity contribution >= 4 is 55.9 Å². The van der Waals surface area contributed by atoms with Crippen LogP contribution >= 0.6 is 0 Å². The quantitative estimate of drug-likeness (QED) is 0.162. The third-order valence-corrected chi connectivity index (χ3v) is 11.2. The van der Waals surface area contributed by atoms with Gasteiger partial charge in [-0.15, -0.1) is 0 Å². The molecule has 0 atom stereocenters. The maximum absolute atomic E-state index is 6.50. The Balaban J connectivity index is 0.920. The molecule has 4 heteroatoms. The molecule has 10 aromatic rings. The molecule has 1 aliphatic heterocycles. The van der Waals surface area contributed by atoms with Gasteiger partial charge in [-0.1, -0.05) is 121 Å². The number of anilines is 6. The fraction of sp³-hybridized carbons (Fsp3) is 0. The summed E-state index contributed by atoms with van der Waals surface area (Å²) in [6.45, 7) is 0. The summed E-state index contributed by atoms with van der Waals surface area (Å²) in [7, 11) is 0. The second-order valence-electron chi connectivity index (χ2n) is 14.6. The van der Waals surface area contributed by atoms with Crippen LogP contribution < -0.4 is 14.5 Å². The summed E-state index contributed by atoms with van der Waals surface area (Å²) >= 11 is 0. The first-order valence-electron chi connectivity index (χ1n) is 19.7. The monoisotopic (exact) mass is 743 g/mol. The van der Waals surface area contributed by atoms with E-state index < -0.39 is 0 Å². The van der Waals surface area contributed by atoms with Gasteiger partial charge in [-0.25, -0.2) is 0 Å². The van der Waals surface area contributed by atoms with Gasteiger partial charge in [0.1, 0.15) is 0 Å². The molecular formula is C54H37N3O. The topological polar surface area (TPSA) is 20.6 Å². The van der Waals surface area contributed by atoms with E-state index in [-0.39, 0.29) is 0 Å². The van der Waals surface area contributed by atoms with Crippen molar-refractivity contribution in [2.24, 2.45) is 0 Å². The Hall–Kier alpha value is -7.82. The third kappa shape index (κ3) is 5.78. The number of benzene rings is 9. The molecule has 4 nitrogen and oxygen atoms in total. The average Bonchev–Trinajstić information content (AvgIpc) is 3.63. The zero-order chi connectivity index (χ0) is 38.4. The lowest BCUT2D eigenvalue weighted by molar-refractivity contribution is 0.477. The predicted octanol–water partition coefficient (Wildman–Crippen LogP) is 15.2. The van der Waals surface area contributed by atoms with Crippen molar-refractivity contribution in [3.63, 3.8) is 0 Å². The fourth-order valence-electron chi connectivity index (χ4n) is 8.43. The van der Waals surface area contributed by atoms with Crippen LogP contribution in [0.5, 0.6) is 11.5 Å². The maximum Gasteiger partial charge on any atom is 0.152 e. The first kappa shape index (κ1) is 33.5. The summed E-state index contributed by atoms with van der Waals surface area (Å²) in [5.41, 5.74) is 14.6. The van der Waals surface area contributed by atoms with Gasteiger partial charge >= 0.3 is 0 Å². The Kier molecular flexibility index (Phi) is 8.11. The normalized spacial score (nSPS) is 11.9. The fourth-order valence-corrected chi connectivity index (χ4v) is 8.43. The summed E-state index contributed by atoms with van der Waals surface area (Å²) in [5.74, 6) is 1.68. The number of hydrogen-bond acceptors (Lipinski definition) is 3. The van der Waals surface area contributed by atoms with E-state index in [1.807, 2.05) is 18.2 Å². The third-order valence-electron chi connectivity index (χ3n) is 11.2. The Labute approximate surface area is 337 Å². The molecule has 0 N–H and O–H groups in total. The smallest absolute Gasteiger partial charge is 0.152 e. The Bertz CT molecular complexity index is 3030. The minimum atomic E-state index is 0.838. The van der Waals surface area contributed by atoms with Crippen LogP contribution in [0.25, 0.3) is 49.7 Å². The highest BCUT2D eigenvalue weighted by molar-refractivity contribution is 6.10. The number of nitrogens with zero attached hydrogens (tertiary/aromatic N) is 3. The van der Waals surface area contributed by atoms with Gasteiger partial charge in [0.25, 0.3) is 0 Å². The van der Waals surface area contributed by atoms with Gasteiger partial charge in [0, 0.05) is 39.2 Å². The second-order valence-corrected chi connectivity index (χ2v) is 14.6. The van der Waals surface area contributed by atoms with E-state index >= 15 is 0 Å². The van der Waals surface area contributed by atoms with E-state index in [4.69, 9.17) is 4.74 Å². The number of ether oxygens (including phenoxy) is 1. The van der Waals surface area contributed by atoms with E-state index in [1.54, 1.807) is 0 Å². The highest BCUT2D eigenvalue weighted by atomic mass is 16.5. The molecule has 1 aliphatic rings. The Morgan fingerprint density at radius 1 is 0.328 bits per heavy atom. The van der Waals surface area contributed by atoms with Gasteiger partial charge < -0.3 is 19.1 Å². The average molecular weight is 744 g/mol. The lowest BCUT2D eigenvalue weighted by atomic mass is 9.98. The molecule has 2 heterocycles. The number of rotatable bonds is 7. The van der Waals surface area contributed by atoms with E-state index in [1.165, 1.54) is 32.9 Å². The SMILES string of the molecule is c1ccc(N(c2ccccc2)c2ccc(-n3c4ccccc4c4cc(-c5ccc(-c6ccc7c(c6)Oc6ccccc6N7c6ccccc6)cc5)ccc43)cc2)cc1. The van der Waals surface area contributed by atoms with E-state index in [9.17, 15) is 0 Å². The first-order chi connectivity index (χ1) is 28.8. The van der Waals surface area contributed by atoms with Crippen molar-refractivity contribution in [1.29, 1.82) is 0 Å². The van der Waals surface area contributed by atoms with Gasteiger partial charge in [-0.2, -0.15) is 0 Å². The van der Waals surface area contributed by atoms with Crippen molar-refractivity contribution in [3.8, 4) is 39.4 Å². The molecule has 0 radical (unpaired) electrons. The van der Waals surface area contributed by atoms with Crippen LogP contribution in [-0.2, 0) is 0 Å². The lowest BCUT2D eigenvalue weighted by Crippen LogP contribution is -2.15. The Morgan fingerprint density at radius 3 is 1.55 bits per heavy atom. The molecule has 58 heavy (non-hydrogen) atoms. The molecule has 0 unspecified atom stereocenters. The molecule has 0 saturated carbocycles. The number of aromatic nitrogens is 1. The van der Waals surface area contributed by atoms with Crippen molar-refractivity contribution < 1.29 is 4.74 Å². The molecule has 1 aromatic heterocycles. The van der Waals surface area contributed by atoms with E-state index in [0.29, 0.717) is 0 Å². The lowest BCUT2D eigenvalue weighted by Gasteiger charge is -2.33. The van der Waals surface area contributed by atoms with Gasteiger partial charge in [0.2, 0.25) is 0 Å². The molecule has 0 fully saturated rings. The molecule has 9 aromatic carbocycles. The summed E-state index contributed by atoms with van der Waals surface area (Å²) in [4.78, 5) is 4.57. The maximum atomic E-state index is 6.50. The van der Waals surface area contributed by atoms with Crippen LogP contribution in [0.3, 0.4) is 0 Å². The van der Waals surface area contributed by atoms with Gasteiger partial charge in [-0.3, -0.25) is 0 Å². The molecule has 0 bridgehead atoms. The van der Waals surface area contributed by atoms with Crippen LogP contribution in [0.2, 0.25) is 0 Å². The molecule has 0 saturated heterocycles. The summed E-state index contributed by atoms with van der Waals surface area (Å²) in [6.07, 6.45) is 0. The summed E-state index contributed by atoms with van der Waals surface area (Å²) < 4.78 is 8.88. The standard InChI is InChI=1S/C54H37N3O/c1-4-14-42(15-5-1)55(43-16-6-2-7-17-43)45-30-32-46(33-31-45)56-49-21-11-10-20-47(49)48-36-40(28-34-50(48)56)38-24-26-39(27-25-38)41-29-35-52-54(37-41)58-53-23-13-12-22-51(53)57(52)44-18-8-3-9-19-44/h1-37H. The molecule has 274 valence electrons. The van der Waals surface area contributed by atoms with Crippen LogP contribution in [0.1, 0.15) is 0 Å². The van der Waals surface area contributed by atoms with Crippen LogP contribution in [0.4, 0.5) is 34.1 Å². The highest BCUT2D eigenvalue weighted by Crippen LogP contribution is 2.51. The number of fused-ring (bicyclic) bond motifs is 5. The molecule has 0 spiro atoms. The van der Waals surface area contributed by atoms with Gasteiger partial charge in [0.15, 0.2) is 11.5 Å². The summed E-state index contributed by atoms with van der Waals surface area (Å²) in [6, 6.07) is 79.6. The van der Waals surface area contributed by atoms with Crippen molar-refractivity contribution in [1.82, 2.24) is 4.57 Å². The van der Waals surface area contributed by atoms with Crippen molar-refractivity contribution in [3.05, 3.63) is 224 Å². The summed E-state index contributed by atoms with van der Waals surface area (Å²) in [5, 5.41) is 2.46. The predicted molar refractivity (Wildman–Crippen MR) is 241 cm³/mol.